The molecule has 0 aliphatic carbocycles. The summed E-state index contributed by atoms with van der Waals surface area (Å²) in [5, 5.41) is 0. The van der Waals surface area contributed by atoms with Crippen molar-refractivity contribution in [2.24, 2.45) is 0 Å². The Balaban J connectivity index is 2.51. The zero-order valence-electron chi connectivity index (χ0n) is 8.22. The number of fused-ring (bicyclic) bond motifs is 1. The number of rotatable bonds is 0. The molecule has 1 aliphatic rings. The molecule has 1 aromatic rings. The van der Waals surface area contributed by atoms with E-state index in [9.17, 15) is 4.79 Å². The van der Waals surface area contributed by atoms with Gasteiger partial charge in [0.05, 0.1) is 5.69 Å². The van der Waals surface area contributed by atoms with Gasteiger partial charge in [0.2, 0.25) is 0 Å². The third-order valence-electron chi connectivity index (χ3n) is 2.25. The molecule has 0 fully saturated rings. The third-order valence-corrected chi connectivity index (χ3v) is 2.25. The summed E-state index contributed by atoms with van der Waals surface area (Å²) in [5.74, 6) is -0.0844. The number of anilines is 1. The van der Waals surface area contributed by atoms with Crippen LogP contribution in [-0.4, -0.2) is 5.91 Å². The first-order chi connectivity index (χ1) is 6.66. The number of amides is 1. The second kappa shape index (κ2) is 3.18. The lowest BCUT2D eigenvalue weighted by Crippen LogP contribution is -2.28. The molecular formula is C11H12N2O. The van der Waals surface area contributed by atoms with E-state index in [0.717, 1.165) is 11.3 Å². The van der Waals surface area contributed by atoms with Crippen molar-refractivity contribution in [1.29, 1.82) is 0 Å². The molecule has 1 amide bonds. The summed E-state index contributed by atoms with van der Waals surface area (Å²) >= 11 is 0. The van der Waals surface area contributed by atoms with Crippen molar-refractivity contribution in [3.63, 3.8) is 0 Å². The minimum atomic E-state index is -0.0844. The Labute approximate surface area is 82.8 Å². The Morgan fingerprint density at radius 1 is 1.14 bits per heavy atom. The van der Waals surface area contributed by atoms with E-state index >= 15 is 0 Å². The van der Waals surface area contributed by atoms with E-state index in [-0.39, 0.29) is 5.91 Å². The fraction of sp³-hybridized carbons (Fsp3) is 0.182. The zero-order valence-corrected chi connectivity index (χ0v) is 8.22. The Hall–Kier alpha value is -1.77. The van der Waals surface area contributed by atoms with Crippen molar-refractivity contribution in [2.75, 3.05) is 5.43 Å². The van der Waals surface area contributed by atoms with Crippen molar-refractivity contribution in [2.45, 2.75) is 13.8 Å². The van der Waals surface area contributed by atoms with E-state index in [1.54, 1.807) is 6.92 Å². The first-order valence-electron chi connectivity index (χ1n) is 4.52. The van der Waals surface area contributed by atoms with Crippen LogP contribution in [0.2, 0.25) is 0 Å². The summed E-state index contributed by atoms with van der Waals surface area (Å²) in [6.07, 6.45) is 1.88. The predicted molar refractivity (Wildman–Crippen MR) is 56.6 cm³/mol. The predicted octanol–water partition coefficient (Wildman–Crippen LogP) is 1.86. The first-order valence-corrected chi connectivity index (χ1v) is 4.52. The molecule has 0 atom stereocenters. The van der Waals surface area contributed by atoms with Crippen molar-refractivity contribution in [3.05, 3.63) is 34.9 Å². The number of benzene rings is 1. The van der Waals surface area contributed by atoms with Crippen molar-refractivity contribution < 1.29 is 4.79 Å². The van der Waals surface area contributed by atoms with Crippen LogP contribution < -0.4 is 10.9 Å². The summed E-state index contributed by atoms with van der Waals surface area (Å²) in [6.45, 7) is 3.82. The number of carbonyl (C=O) groups is 1. The number of hydrogen-bond acceptors (Lipinski definition) is 2. The van der Waals surface area contributed by atoms with Crippen LogP contribution in [-0.2, 0) is 4.79 Å². The molecule has 2 rings (SSSR count). The van der Waals surface area contributed by atoms with Crippen LogP contribution in [0.5, 0.6) is 0 Å². The number of carbonyl (C=O) groups excluding carboxylic acids is 1. The second-order valence-electron chi connectivity index (χ2n) is 3.50. The summed E-state index contributed by atoms with van der Waals surface area (Å²) in [6, 6.07) is 6.03. The number of hydrazine groups is 1. The Bertz CT molecular complexity index is 421. The molecule has 3 nitrogen and oxygen atoms in total. The van der Waals surface area contributed by atoms with E-state index in [2.05, 4.69) is 10.9 Å². The average Bonchev–Trinajstić information content (AvgIpc) is 2.29. The van der Waals surface area contributed by atoms with Gasteiger partial charge in [-0.2, -0.15) is 0 Å². The fourth-order valence-electron chi connectivity index (χ4n) is 1.43. The Morgan fingerprint density at radius 2 is 1.93 bits per heavy atom. The maximum Gasteiger partial charge on any atom is 0.265 e. The summed E-state index contributed by atoms with van der Waals surface area (Å²) in [7, 11) is 0. The standard InChI is InChI=1S/C11H12N2O/c1-7-3-4-9-6-8(2)11(14)13-12-10(9)5-7/h3-6,12H,1-2H3,(H,13,14). The summed E-state index contributed by atoms with van der Waals surface area (Å²) in [5.41, 5.74) is 9.36. The molecular weight excluding hydrogens is 176 g/mol. The van der Waals surface area contributed by atoms with Gasteiger partial charge in [0, 0.05) is 5.57 Å². The van der Waals surface area contributed by atoms with Crippen LogP contribution in [0.15, 0.2) is 23.8 Å². The lowest BCUT2D eigenvalue weighted by molar-refractivity contribution is -0.116. The zero-order chi connectivity index (χ0) is 10.1. The highest BCUT2D eigenvalue weighted by molar-refractivity contribution is 6.00. The van der Waals surface area contributed by atoms with Gasteiger partial charge >= 0.3 is 0 Å². The molecule has 1 aromatic carbocycles. The Morgan fingerprint density at radius 3 is 2.71 bits per heavy atom. The van der Waals surface area contributed by atoms with Crippen molar-refractivity contribution in [1.82, 2.24) is 5.43 Å². The molecule has 0 bridgehead atoms. The maximum absolute atomic E-state index is 11.3. The van der Waals surface area contributed by atoms with E-state index in [0.29, 0.717) is 5.57 Å². The highest BCUT2D eigenvalue weighted by Gasteiger charge is 2.10. The van der Waals surface area contributed by atoms with Gasteiger partial charge in [0.25, 0.3) is 5.91 Å². The maximum atomic E-state index is 11.3. The minimum absolute atomic E-state index is 0.0844. The number of aryl methyl sites for hydroxylation is 1. The molecule has 14 heavy (non-hydrogen) atoms. The van der Waals surface area contributed by atoms with E-state index in [4.69, 9.17) is 0 Å². The number of hydrogen-bond donors (Lipinski definition) is 2. The van der Waals surface area contributed by atoms with Crippen LogP contribution in [0, 0.1) is 6.92 Å². The van der Waals surface area contributed by atoms with Crippen molar-refractivity contribution >= 4 is 17.7 Å². The van der Waals surface area contributed by atoms with Crippen LogP contribution in [0.25, 0.3) is 6.08 Å². The van der Waals surface area contributed by atoms with Crippen LogP contribution in [0.3, 0.4) is 0 Å². The molecule has 0 spiro atoms. The van der Waals surface area contributed by atoms with E-state index < -0.39 is 0 Å². The largest absolute Gasteiger partial charge is 0.298 e. The topological polar surface area (TPSA) is 41.1 Å². The molecule has 1 heterocycles. The lowest BCUT2D eigenvalue weighted by Gasteiger charge is -2.07. The SMILES string of the molecule is CC1=Cc2ccc(C)cc2NNC1=O. The van der Waals surface area contributed by atoms with Crippen molar-refractivity contribution in [3.8, 4) is 0 Å². The number of nitrogens with one attached hydrogen (secondary N) is 2. The molecule has 0 radical (unpaired) electrons. The van der Waals surface area contributed by atoms with Gasteiger partial charge in [-0.05, 0) is 37.1 Å². The Kier molecular flexibility index (Phi) is 2.00. The van der Waals surface area contributed by atoms with Gasteiger partial charge in [-0.1, -0.05) is 12.1 Å². The lowest BCUT2D eigenvalue weighted by atomic mass is 10.1. The normalized spacial score (nSPS) is 14.7. The second-order valence-corrected chi connectivity index (χ2v) is 3.50. The molecule has 0 unspecified atom stereocenters. The first kappa shape index (κ1) is 8.81. The van der Waals surface area contributed by atoms with Crippen LogP contribution in [0.1, 0.15) is 18.1 Å². The average molecular weight is 188 g/mol. The molecule has 3 heteroatoms. The van der Waals surface area contributed by atoms with Gasteiger partial charge in [-0.3, -0.25) is 15.6 Å². The molecule has 72 valence electrons. The van der Waals surface area contributed by atoms with Gasteiger partial charge in [-0.25, -0.2) is 0 Å². The summed E-state index contributed by atoms with van der Waals surface area (Å²) < 4.78 is 0. The van der Waals surface area contributed by atoms with Gasteiger partial charge in [-0.15, -0.1) is 0 Å². The molecule has 0 aromatic heterocycles. The third kappa shape index (κ3) is 1.48. The van der Waals surface area contributed by atoms with Crippen LogP contribution in [0.4, 0.5) is 5.69 Å². The molecule has 2 N–H and O–H groups in total. The highest BCUT2D eigenvalue weighted by Crippen LogP contribution is 2.21. The summed E-state index contributed by atoms with van der Waals surface area (Å²) in [4.78, 5) is 11.3. The highest BCUT2D eigenvalue weighted by atomic mass is 16.2. The molecule has 0 saturated heterocycles. The van der Waals surface area contributed by atoms with Gasteiger partial charge in [0.1, 0.15) is 0 Å². The van der Waals surface area contributed by atoms with Gasteiger partial charge in [0.15, 0.2) is 0 Å². The van der Waals surface area contributed by atoms with E-state index in [1.807, 2.05) is 31.2 Å². The fourth-order valence-corrected chi connectivity index (χ4v) is 1.43. The van der Waals surface area contributed by atoms with E-state index in [1.165, 1.54) is 5.56 Å². The quantitative estimate of drug-likeness (QED) is 0.652. The monoisotopic (exact) mass is 188 g/mol. The smallest absolute Gasteiger partial charge is 0.265 e. The minimum Gasteiger partial charge on any atom is -0.298 e. The molecule has 0 saturated carbocycles. The van der Waals surface area contributed by atoms with Gasteiger partial charge < -0.3 is 0 Å². The van der Waals surface area contributed by atoms with Crippen LogP contribution >= 0.6 is 0 Å². The molecule has 1 aliphatic heterocycles.